The van der Waals surface area contributed by atoms with Crippen LogP contribution < -0.4 is 5.32 Å². The van der Waals surface area contributed by atoms with Gasteiger partial charge in [-0.05, 0) is 20.3 Å². The van der Waals surface area contributed by atoms with Crippen molar-refractivity contribution in [3.8, 4) is 0 Å². The van der Waals surface area contributed by atoms with Gasteiger partial charge in [-0.1, -0.05) is 0 Å². The number of urea groups is 1. The van der Waals surface area contributed by atoms with Crippen molar-refractivity contribution in [2.24, 2.45) is 5.92 Å². The summed E-state index contributed by atoms with van der Waals surface area (Å²) in [5.74, 6) is -2.59. The highest BCUT2D eigenvalue weighted by molar-refractivity contribution is 6.03. The molecular weight excluding hydrogens is 266 g/mol. The molecule has 4 amide bonds. The minimum absolute atomic E-state index is 0.188. The summed E-state index contributed by atoms with van der Waals surface area (Å²) in [6.07, 6.45) is 0.380. The lowest BCUT2D eigenvalue weighted by Gasteiger charge is -2.36. The summed E-state index contributed by atoms with van der Waals surface area (Å²) in [6.45, 7) is 3.33. The molecule has 2 rings (SSSR count). The molecule has 2 aliphatic heterocycles. The second-order valence-electron chi connectivity index (χ2n) is 5.17. The van der Waals surface area contributed by atoms with Crippen LogP contribution >= 0.6 is 0 Å². The molecule has 0 spiro atoms. The van der Waals surface area contributed by atoms with Crippen molar-refractivity contribution >= 4 is 23.8 Å². The van der Waals surface area contributed by atoms with Crippen LogP contribution in [0.15, 0.2) is 0 Å². The largest absolute Gasteiger partial charge is 0.481 e. The first-order chi connectivity index (χ1) is 9.32. The molecule has 3 unspecified atom stereocenters. The number of piperazine rings is 1. The van der Waals surface area contributed by atoms with E-state index in [9.17, 15) is 19.2 Å². The van der Waals surface area contributed by atoms with Crippen LogP contribution in [-0.2, 0) is 14.4 Å². The molecule has 2 heterocycles. The lowest BCUT2D eigenvalue weighted by atomic mass is 10.0. The van der Waals surface area contributed by atoms with Gasteiger partial charge in [0.1, 0.15) is 12.6 Å². The van der Waals surface area contributed by atoms with Crippen molar-refractivity contribution in [1.82, 2.24) is 15.1 Å². The number of carbonyl (C=O) groups is 4. The van der Waals surface area contributed by atoms with Gasteiger partial charge < -0.3 is 14.9 Å². The van der Waals surface area contributed by atoms with E-state index in [0.29, 0.717) is 13.0 Å². The Balaban J connectivity index is 2.13. The van der Waals surface area contributed by atoms with E-state index in [0.717, 1.165) is 0 Å². The molecule has 20 heavy (non-hydrogen) atoms. The molecule has 8 heteroatoms. The standard InChI is InChI=1S/C12H17N3O5/c1-6-8(11(18)19)3-4-14(6)12(20)15-5-9(16)13-10(17)7(15)2/h6-8H,3-5H2,1-2H3,(H,18,19)(H,13,16,17). The quantitative estimate of drug-likeness (QED) is 0.616. The van der Waals surface area contributed by atoms with Crippen molar-refractivity contribution < 1.29 is 24.3 Å². The number of likely N-dealkylation sites (tertiary alicyclic amines) is 1. The molecule has 0 radical (unpaired) electrons. The minimum atomic E-state index is -0.937. The van der Waals surface area contributed by atoms with E-state index in [4.69, 9.17) is 5.11 Å². The van der Waals surface area contributed by atoms with E-state index in [2.05, 4.69) is 5.32 Å². The summed E-state index contributed by atoms with van der Waals surface area (Å²) < 4.78 is 0. The highest BCUT2D eigenvalue weighted by atomic mass is 16.4. The summed E-state index contributed by atoms with van der Waals surface area (Å²) in [7, 11) is 0. The average Bonchev–Trinajstić information content (AvgIpc) is 2.75. The van der Waals surface area contributed by atoms with Crippen molar-refractivity contribution in [1.29, 1.82) is 0 Å². The highest BCUT2D eigenvalue weighted by Crippen LogP contribution is 2.26. The van der Waals surface area contributed by atoms with E-state index in [1.165, 1.54) is 16.7 Å². The molecule has 0 aromatic rings. The fourth-order valence-corrected chi connectivity index (χ4v) is 2.65. The fourth-order valence-electron chi connectivity index (χ4n) is 2.65. The highest BCUT2D eigenvalue weighted by Gasteiger charge is 2.43. The number of hydrogen-bond acceptors (Lipinski definition) is 4. The van der Waals surface area contributed by atoms with Crippen LogP contribution in [0, 0.1) is 5.92 Å². The van der Waals surface area contributed by atoms with E-state index >= 15 is 0 Å². The van der Waals surface area contributed by atoms with Gasteiger partial charge in [-0.15, -0.1) is 0 Å². The SMILES string of the molecule is CC1C(=O)NC(=O)CN1C(=O)N1CCC(C(=O)O)C1C. The fraction of sp³-hybridized carbons (Fsp3) is 0.667. The van der Waals surface area contributed by atoms with Crippen LogP contribution in [0.4, 0.5) is 4.79 Å². The molecule has 0 aromatic heterocycles. The van der Waals surface area contributed by atoms with Crippen LogP contribution in [-0.4, -0.2) is 63.9 Å². The summed E-state index contributed by atoms with van der Waals surface area (Å²) >= 11 is 0. The Bertz CT molecular complexity index is 478. The predicted molar refractivity (Wildman–Crippen MR) is 66.6 cm³/mol. The van der Waals surface area contributed by atoms with E-state index in [1.807, 2.05) is 0 Å². The summed E-state index contributed by atoms with van der Waals surface area (Å²) in [5, 5.41) is 11.2. The molecule has 0 bridgehead atoms. The maximum absolute atomic E-state index is 12.4. The maximum Gasteiger partial charge on any atom is 0.321 e. The monoisotopic (exact) mass is 283 g/mol. The van der Waals surface area contributed by atoms with Gasteiger partial charge in [0.2, 0.25) is 11.8 Å². The first kappa shape index (κ1) is 14.3. The smallest absolute Gasteiger partial charge is 0.321 e. The number of imide groups is 1. The zero-order valence-electron chi connectivity index (χ0n) is 11.3. The minimum Gasteiger partial charge on any atom is -0.481 e. The van der Waals surface area contributed by atoms with Crippen LogP contribution in [0.25, 0.3) is 0 Å². The topological polar surface area (TPSA) is 107 Å². The van der Waals surface area contributed by atoms with Gasteiger partial charge in [-0.25, -0.2) is 4.79 Å². The van der Waals surface area contributed by atoms with Crippen LogP contribution in [0.3, 0.4) is 0 Å². The zero-order chi connectivity index (χ0) is 15.0. The normalized spacial score (nSPS) is 30.4. The number of carboxylic acids is 1. The second kappa shape index (κ2) is 5.10. The molecule has 2 saturated heterocycles. The Morgan fingerprint density at radius 3 is 2.45 bits per heavy atom. The number of amides is 4. The van der Waals surface area contributed by atoms with Crippen molar-refractivity contribution in [3.05, 3.63) is 0 Å². The number of nitrogens with zero attached hydrogens (tertiary/aromatic N) is 2. The molecule has 2 fully saturated rings. The maximum atomic E-state index is 12.4. The van der Waals surface area contributed by atoms with E-state index < -0.39 is 41.8 Å². The van der Waals surface area contributed by atoms with E-state index in [1.54, 1.807) is 6.92 Å². The van der Waals surface area contributed by atoms with Gasteiger partial charge in [0.05, 0.1) is 5.92 Å². The third-order valence-electron chi connectivity index (χ3n) is 3.99. The average molecular weight is 283 g/mol. The molecule has 0 aliphatic carbocycles. The first-order valence-electron chi connectivity index (χ1n) is 6.46. The first-order valence-corrected chi connectivity index (χ1v) is 6.46. The third kappa shape index (κ3) is 2.33. The molecule has 0 aromatic carbocycles. The lowest BCUT2D eigenvalue weighted by molar-refractivity contribution is -0.143. The number of nitrogens with one attached hydrogen (secondary N) is 1. The Labute approximate surface area is 115 Å². The third-order valence-corrected chi connectivity index (χ3v) is 3.99. The lowest BCUT2D eigenvalue weighted by Crippen LogP contribution is -2.61. The second-order valence-corrected chi connectivity index (χ2v) is 5.17. The van der Waals surface area contributed by atoms with Gasteiger partial charge in [0.15, 0.2) is 0 Å². The zero-order valence-corrected chi connectivity index (χ0v) is 11.3. The van der Waals surface area contributed by atoms with Gasteiger partial charge in [0.25, 0.3) is 0 Å². The van der Waals surface area contributed by atoms with Gasteiger partial charge in [-0.3, -0.25) is 19.7 Å². The van der Waals surface area contributed by atoms with Crippen LogP contribution in [0.1, 0.15) is 20.3 Å². The van der Waals surface area contributed by atoms with Crippen LogP contribution in [0.2, 0.25) is 0 Å². The number of hydrogen-bond donors (Lipinski definition) is 2. The Morgan fingerprint density at radius 1 is 1.25 bits per heavy atom. The number of carboxylic acid groups (broad SMARTS) is 1. The number of rotatable bonds is 1. The summed E-state index contributed by atoms with van der Waals surface area (Å²) in [5.41, 5.74) is 0. The molecule has 3 atom stereocenters. The molecule has 110 valence electrons. The Hall–Kier alpha value is -2.12. The molecule has 2 aliphatic rings. The van der Waals surface area contributed by atoms with E-state index in [-0.39, 0.29) is 6.54 Å². The van der Waals surface area contributed by atoms with Gasteiger partial charge >= 0.3 is 12.0 Å². The van der Waals surface area contributed by atoms with Gasteiger partial charge in [-0.2, -0.15) is 0 Å². The molecule has 0 saturated carbocycles. The van der Waals surface area contributed by atoms with Crippen molar-refractivity contribution in [2.75, 3.05) is 13.1 Å². The summed E-state index contributed by atoms with van der Waals surface area (Å²) in [4.78, 5) is 49.0. The Kier molecular flexibility index (Phi) is 3.65. The molecule has 2 N–H and O–H groups in total. The molecular formula is C12H17N3O5. The summed E-state index contributed by atoms with van der Waals surface area (Å²) in [6, 6.07) is -1.65. The number of aliphatic carboxylic acids is 1. The van der Waals surface area contributed by atoms with Crippen LogP contribution in [0.5, 0.6) is 0 Å². The number of carbonyl (C=O) groups excluding carboxylic acids is 3. The Morgan fingerprint density at radius 2 is 1.90 bits per heavy atom. The molecule has 8 nitrogen and oxygen atoms in total. The van der Waals surface area contributed by atoms with Crippen molar-refractivity contribution in [2.45, 2.75) is 32.4 Å². The van der Waals surface area contributed by atoms with Gasteiger partial charge in [0, 0.05) is 12.6 Å². The van der Waals surface area contributed by atoms with Crippen molar-refractivity contribution in [3.63, 3.8) is 0 Å². The predicted octanol–water partition coefficient (Wildman–Crippen LogP) is -0.752.